The lowest BCUT2D eigenvalue weighted by Gasteiger charge is -2.13. The first-order chi connectivity index (χ1) is 12.8. The normalized spacial score (nSPS) is 17.9. The molecule has 0 bridgehead atoms. The van der Waals surface area contributed by atoms with Crippen molar-refractivity contribution in [3.63, 3.8) is 0 Å². The molecule has 24 heteroatoms. The largest absolute Gasteiger partial charge is 0.488 e. The Bertz CT molecular complexity index is 870. The molecule has 3 atom stereocenters. The Kier molecular flexibility index (Phi) is 15.0. The lowest BCUT2D eigenvalue weighted by atomic mass is 11.3. The molecule has 0 fully saturated rings. The van der Waals surface area contributed by atoms with Crippen molar-refractivity contribution in [3.05, 3.63) is 37.2 Å². The Morgan fingerprint density at radius 3 is 0.933 bits per heavy atom. The van der Waals surface area contributed by atoms with Gasteiger partial charge in [-0.15, -0.1) is 0 Å². The molecule has 0 aromatic rings. The summed E-state index contributed by atoms with van der Waals surface area (Å²) in [6, 6.07) is 0. The van der Waals surface area contributed by atoms with Gasteiger partial charge in [-0.25, -0.2) is 22.3 Å². The van der Waals surface area contributed by atoms with Crippen molar-refractivity contribution in [1.29, 1.82) is 0 Å². The van der Waals surface area contributed by atoms with E-state index in [1.165, 1.54) is 0 Å². The van der Waals surface area contributed by atoms with Gasteiger partial charge in [0, 0.05) is 17.5 Å². The van der Waals surface area contributed by atoms with Gasteiger partial charge in [-0.2, -0.15) is 4.31 Å². The molecule has 0 aliphatic carbocycles. The standard InChI is InChI=1S/C2H7O9P3.C2H6O6P2.C2H5O3P/c1-2-12(3,4)10-14(8,9)11-13(5,6)7;1-2-9(3,4)8-10(5,6)7;1-2-6(3,4)5/h2H,1H2,(H,3,4)(H,8,9)(H2,5,6,7);2H,1H2,(H,3,4)(H2,5,6,7);2H,1H2,(H2,3,4,5). The van der Waals surface area contributed by atoms with Gasteiger partial charge in [0.15, 0.2) is 0 Å². The molecular formula is C6H18O18P6. The van der Waals surface area contributed by atoms with Crippen LogP contribution in [0.4, 0.5) is 0 Å². The summed E-state index contributed by atoms with van der Waals surface area (Å²) >= 11 is 0. The Hall–Kier alpha value is 0.120. The number of hydrogen-bond donors (Lipinski definition) is 9. The highest BCUT2D eigenvalue weighted by molar-refractivity contribution is 7.69. The summed E-state index contributed by atoms with van der Waals surface area (Å²) in [5, 5.41) is 0. The summed E-state index contributed by atoms with van der Waals surface area (Å²) in [4.78, 5) is 73.4. The van der Waals surface area contributed by atoms with Gasteiger partial charge >= 0.3 is 46.3 Å². The van der Waals surface area contributed by atoms with E-state index in [9.17, 15) is 27.4 Å². The minimum absolute atomic E-state index is 0.304. The number of hydrogen-bond acceptors (Lipinski definition) is 9. The number of phosphoric acid groups is 3. The van der Waals surface area contributed by atoms with Crippen molar-refractivity contribution in [3.8, 4) is 0 Å². The van der Waals surface area contributed by atoms with Crippen molar-refractivity contribution in [2.24, 2.45) is 0 Å². The van der Waals surface area contributed by atoms with Crippen LogP contribution in [0.1, 0.15) is 0 Å². The van der Waals surface area contributed by atoms with E-state index in [1.807, 2.05) is 0 Å². The Morgan fingerprint density at radius 1 is 0.500 bits per heavy atom. The second-order valence-electron chi connectivity index (χ2n) is 3.96. The molecule has 9 N–H and O–H groups in total. The zero-order valence-corrected chi connectivity index (χ0v) is 19.6. The molecule has 0 aromatic carbocycles. The third-order valence-corrected chi connectivity index (χ3v) is 7.98. The minimum Gasteiger partial charge on any atom is -0.321 e. The summed E-state index contributed by atoms with van der Waals surface area (Å²) in [7, 11) is -28.3. The van der Waals surface area contributed by atoms with Crippen LogP contribution in [-0.2, 0) is 40.3 Å². The van der Waals surface area contributed by atoms with Crippen molar-refractivity contribution >= 4 is 46.3 Å². The molecule has 0 saturated heterocycles. The van der Waals surface area contributed by atoms with Crippen LogP contribution in [0.25, 0.3) is 0 Å². The van der Waals surface area contributed by atoms with Gasteiger partial charge in [0.1, 0.15) is 0 Å². The zero-order chi connectivity index (χ0) is 25.2. The van der Waals surface area contributed by atoms with Gasteiger partial charge in [-0.3, -0.25) is 13.7 Å². The molecule has 18 nitrogen and oxygen atoms in total. The highest BCUT2D eigenvalue weighted by Gasteiger charge is 2.38. The third-order valence-electron chi connectivity index (χ3n) is 1.35. The summed E-state index contributed by atoms with van der Waals surface area (Å²) in [5.74, 6) is 1.35. The Morgan fingerprint density at radius 2 is 0.767 bits per heavy atom. The van der Waals surface area contributed by atoms with Crippen molar-refractivity contribution in [1.82, 2.24) is 0 Å². The predicted molar refractivity (Wildman–Crippen MR) is 99.5 cm³/mol. The molecule has 30 heavy (non-hydrogen) atoms. The molecule has 0 rings (SSSR count). The van der Waals surface area contributed by atoms with Gasteiger partial charge in [-0.05, 0) is 0 Å². The smallest absolute Gasteiger partial charge is 0.321 e. The van der Waals surface area contributed by atoms with Crippen LogP contribution in [-0.4, -0.2) is 44.0 Å². The van der Waals surface area contributed by atoms with Crippen LogP contribution < -0.4 is 0 Å². The molecule has 0 aliphatic heterocycles. The quantitative estimate of drug-likeness (QED) is 0.178. The first-order valence-corrected chi connectivity index (χ1v) is 15.5. The monoisotopic (exact) mass is 564 g/mol. The maximum Gasteiger partial charge on any atom is 0.488 e. The Labute approximate surface area is 168 Å². The second kappa shape index (κ2) is 13.0. The van der Waals surface area contributed by atoms with Gasteiger partial charge in [0.05, 0.1) is 0 Å². The molecule has 180 valence electrons. The van der Waals surface area contributed by atoms with Crippen LogP contribution in [0.5, 0.6) is 0 Å². The summed E-state index contributed by atoms with van der Waals surface area (Å²) < 4.78 is 71.4. The average molecular weight is 564 g/mol. The highest BCUT2D eigenvalue weighted by atomic mass is 31.3. The van der Waals surface area contributed by atoms with Crippen molar-refractivity contribution in [2.75, 3.05) is 0 Å². The fraction of sp³-hybridized carbons (Fsp3) is 0. The number of rotatable bonds is 9. The van der Waals surface area contributed by atoms with E-state index in [0.717, 1.165) is 0 Å². The summed E-state index contributed by atoms with van der Waals surface area (Å²) in [6.07, 6.45) is 0. The van der Waals surface area contributed by atoms with Gasteiger partial charge < -0.3 is 44.0 Å². The van der Waals surface area contributed by atoms with E-state index in [4.69, 9.17) is 44.0 Å². The van der Waals surface area contributed by atoms with Crippen LogP contribution in [0.15, 0.2) is 37.2 Å². The van der Waals surface area contributed by atoms with Gasteiger partial charge in [-0.1, -0.05) is 19.7 Å². The van der Waals surface area contributed by atoms with Crippen molar-refractivity contribution < 1.29 is 84.4 Å². The van der Waals surface area contributed by atoms with Crippen LogP contribution in [0.3, 0.4) is 0 Å². The van der Waals surface area contributed by atoms with Gasteiger partial charge in [0.25, 0.3) is 0 Å². The van der Waals surface area contributed by atoms with E-state index < -0.39 is 46.3 Å². The molecule has 0 saturated carbocycles. The van der Waals surface area contributed by atoms with E-state index in [-0.39, 0.29) is 0 Å². The van der Waals surface area contributed by atoms with Crippen LogP contribution in [0.2, 0.25) is 0 Å². The molecule has 0 radical (unpaired) electrons. The van der Waals surface area contributed by atoms with E-state index in [1.54, 1.807) is 0 Å². The fourth-order valence-corrected chi connectivity index (χ4v) is 4.91. The topological polar surface area (TPSA) is 312 Å². The molecule has 0 spiro atoms. The SMILES string of the molecule is C=CP(=O)(O)O.C=CP(=O)(O)OP(=O)(O)O.C=CP(=O)(O)OP(=O)(O)OP(=O)(O)O. The molecule has 3 unspecified atom stereocenters. The molecule has 0 aliphatic rings. The van der Waals surface area contributed by atoms with Crippen LogP contribution in [0, 0.1) is 0 Å². The molecular weight excluding hydrogens is 546 g/mol. The predicted octanol–water partition coefficient (Wildman–Crippen LogP) is 1.27. The average Bonchev–Trinajstić information content (AvgIpc) is 2.41. The first-order valence-electron chi connectivity index (χ1n) is 5.99. The van der Waals surface area contributed by atoms with Crippen LogP contribution >= 0.6 is 46.3 Å². The Balaban J connectivity index is -0.000000397. The third kappa shape index (κ3) is 28.1. The minimum atomic E-state index is -5.30. The van der Waals surface area contributed by atoms with E-state index in [0.29, 0.717) is 17.5 Å². The van der Waals surface area contributed by atoms with E-state index >= 15 is 0 Å². The molecule has 0 heterocycles. The fourth-order valence-electron chi connectivity index (χ4n) is 0.516. The lowest BCUT2D eigenvalue weighted by Crippen LogP contribution is -1.91. The van der Waals surface area contributed by atoms with E-state index in [2.05, 4.69) is 32.7 Å². The lowest BCUT2D eigenvalue weighted by molar-refractivity contribution is 0.224. The zero-order valence-electron chi connectivity index (χ0n) is 14.2. The second-order valence-corrected chi connectivity index (χ2v) is 13.3. The maximum absolute atomic E-state index is 10.6. The summed E-state index contributed by atoms with van der Waals surface area (Å²) in [6.45, 7) is 8.50. The van der Waals surface area contributed by atoms with Gasteiger partial charge in [0.2, 0.25) is 0 Å². The molecule has 0 aromatic heterocycles. The summed E-state index contributed by atoms with van der Waals surface area (Å²) in [5.41, 5.74) is 0. The maximum atomic E-state index is 10.6. The highest BCUT2D eigenvalue weighted by Crippen LogP contribution is 2.66. The first kappa shape index (κ1) is 34.7. The molecule has 0 amide bonds. The van der Waals surface area contributed by atoms with Crippen molar-refractivity contribution in [2.45, 2.75) is 0 Å².